The van der Waals surface area contributed by atoms with E-state index in [0.717, 1.165) is 6.42 Å². The van der Waals surface area contributed by atoms with E-state index in [1.54, 1.807) is 0 Å². The molecule has 0 spiro atoms. The van der Waals surface area contributed by atoms with E-state index < -0.39 is 13.9 Å². The summed E-state index contributed by atoms with van der Waals surface area (Å²) in [5.74, 6) is 0. The Morgan fingerprint density at radius 3 is 2.04 bits per heavy atom. The number of phosphoric ester groups is 1. The lowest BCUT2D eigenvalue weighted by molar-refractivity contribution is 0.0554. The fourth-order valence-corrected chi connectivity index (χ4v) is 4.09. The highest BCUT2D eigenvalue weighted by molar-refractivity contribution is 7.47. The van der Waals surface area contributed by atoms with Gasteiger partial charge in [0.1, 0.15) is 6.10 Å². The highest BCUT2D eigenvalue weighted by Crippen LogP contribution is 2.49. The van der Waals surface area contributed by atoms with Gasteiger partial charge in [-0.3, -0.25) is 9.05 Å². The van der Waals surface area contributed by atoms with Gasteiger partial charge in [-0.2, -0.15) is 0 Å². The molecule has 6 heteroatoms. The first-order valence-electron chi connectivity index (χ1n) is 11.0. The molecule has 0 bridgehead atoms. The molecule has 27 heavy (non-hydrogen) atoms. The summed E-state index contributed by atoms with van der Waals surface area (Å²) < 4.78 is 26.0. The fourth-order valence-electron chi connectivity index (χ4n) is 3.17. The van der Waals surface area contributed by atoms with Gasteiger partial charge in [0.25, 0.3) is 0 Å². The minimum atomic E-state index is -3.78. The van der Waals surface area contributed by atoms with Gasteiger partial charge >= 0.3 is 7.82 Å². The molecule has 5 nitrogen and oxygen atoms in total. The van der Waals surface area contributed by atoms with Crippen LogP contribution in [0.3, 0.4) is 0 Å². The van der Waals surface area contributed by atoms with Crippen molar-refractivity contribution in [3.8, 4) is 0 Å². The lowest BCUT2D eigenvalue weighted by Gasteiger charge is -2.08. The monoisotopic (exact) mass is 404 g/mol. The highest BCUT2D eigenvalue weighted by Gasteiger charge is 2.35. The molecule has 0 radical (unpaired) electrons. The molecule has 0 aliphatic carbocycles. The van der Waals surface area contributed by atoms with Crippen molar-refractivity contribution in [1.29, 1.82) is 0 Å². The molecule has 1 rings (SSSR count). The van der Waals surface area contributed by atoms with Gasteiger partial charge in [-0.25, -0.2) is 4.57 Å². The molecule has 1 heterocycles. The van der Waals surface area contributed by atoms with E-state index >= 15 is 0 Å². The molecule has 1 unspecified atom stereocenters. The largest absolute Gasteiger partial charge is 0.472 e. The van der Waals surface area contributed by atoms with Crippen LogP contribution in [0.2, 0.25) is 0 Å². The van der Waals surface area contributed by atoms with Crippen molar-refractivity contribution < 1.29 is 23.2 Å². The summed E-state index contributed by atoms with van der Waals surface area (Å²) in [5.41, 5.74) is 0. The lowest BCUT2D eigenvalue weighted by Crippen LogP contribution is -2.17. The molecule has 1 saturated heterocycles. The fraction of sp³-hybridized carbons (Fsp3) is 0.905. The Balaban J connectivity index is 1.73. The standard InChI is InChI=1S/C21H41O5P/c1-2-3-4-5-6-7-8-9-10-11-12-13-14-15-16-17-18-24-19-21-20-25-27(22,23)26-21/h9-10,21H,2-8,11-20H2,1H3,(H,22,23)/t21-/m1/s1. The third-order valence-electron chi connectivity index (χ3n) is 4.81. The van der Waals surface area contributed by atoms with Gasteiger partial charge in [0, 0.05) is 6.61 Å². The minimum Gasteiger partial charge on any atom is -0.379 e. The molecule has 160 valence electrons. The van der Waals surface area contributed by atoms with Crippen molar-refractivity contribution in [2.45, 2.75) is 103 Å². The Morgan fingerprint density at radius 2 is 1.48 bits per heavy atom. The van der Waals surface area contributed by atoms with Crippen LogP contribution < -0.4 is 0 Å². The molecule has 0 amide bonds. The van der Waals surface area contributed by atoms with Crippen LogP contribution in [0.25, 0.3) is 0 Å². The Kier molecular flexibility index (Phi) is 15.4. The summed E-state index contributed by atoms with van der Waals surface area (Å²) in [6.45, 7) is 3.41. The second-order valence-corrected chi connectivity index (χ2v) is 8.91. The molecule has 1 aliphatic rings. The van der Waals surface area contributed by atoms with Crippen molar-refractivity contribution >= 4 is 7.82 Å². The Labute approximate surface area is 166 Å². The van der Waals surface area contributed by atoms with E-state index in [-0.39, 0.29) is 6.61 Å². The van der Waals surface area contributed by atoms with Crippen LogP contribution in [-0.4, -0.2) is 30.8 Å². The van der Waals surface area contributed by atoms with Crippen LogP contribution in [0.4, 0.5) is 0 Å². The quantitative estimate of drug-likeness (QED) is 0.159. The van der Waals surface area contributed by atoms with E-state index in [1.165, 1.54) is 83.5 Å². The molecule has 1 aliphatic heterocycles. The van der Waals surface area contributed by atoms with Crippen LogP contribution in [0.5, 0.6) is 0 Å². The van der Waals surface area contributed by atoms with Gasteiger partial charge in [0.05, 0.1) is 13.2 Å². The average molecular weight is 405 g/mol. The number of allylic oxidation sites excluding steroid dienone is 2. The van der Waals surface area contributed by atoms with E-state index in [9.17, 15) is 4.57 Å². The zero-order valence-corrected chi connectivity index (χ0v) is 18.2. The summed E-state index contributed by atoms with van der Waals surface area (Å²) in [6, 6.07) is 0. The zero-order chi connectivity index (χ0) is 19.6. The first-order valence-corrected chi connectivity index (χ1v) is 12.5. The SMILES string of the molecule is CCCCCCCCC=CCCCCCCCCOC[C@@H]1COP(=O)(O)O1. The second kappa shape index (κ2) is 16.7. The normalized spacial score (nSPS) is 22.8. The third-order valence-corrected chi connectivity index (χ3v) is 5.85. The predicted molar refractivity (Wildman–Crippen MR) is 111 cm³/mol. The van der Waals surface area contributed by atoms with E-state index in [0.29, 0.717) is 13.2 Å². The minimum absolute atomic E-state index is 0.140. The van der Waals surface area contributed by atoms with Crippen LogP contribution in [0.15, 0.2) is 12.2 Å². The van der Waals surface area contributed by atoms with Crippen molar-refractivity contribution in [3.05, 3.63) is 12.2 Å². The molecule has 0 saturated carbocycles. The van der Waals surface area contributed by atoms with Gasteiger partial charge in [-0.15, -0.1) is 0 Å². The maximum atomic E-state index is 11.1. The van der Waals surface area contributed by atoms with Crippen molar-refractivity contribution in [1.82, 2.24) is 0 Å². The number of ether oxygens (including phenoxy) is 1. The molecular formula is C21H41O5P. The van der Waals surface area contributed by atoms with Crippen molar-refractivity contribution in [2.75, 3.05) is 19.8 Å². The van der Waals surface area contributed by atoms with E-state index in [2.05, 4.69) is 23.6 Å². The van der Waals surface area contributed by atoms with Crippen LogP contribution in [-0.2, 0) is 18.3 Å². The predicted octanol–water partition coefficient (Wildman–Crippen LogP) is 6.56. The Hall–Kier alpha value is -0.190. The topological polar surface area (TPSA) is 65.0 Å². The smallest absolute Gasteiger partial charge is 0.379 e. The number of hydrogen-bond donors (Lipinski definition) is 1. The first-order chi connectivity index (χ1) is 13.1. The van der Waals surface area contributed by atoms with E-state index in [4.69, 9.17) is 14.2 Å². The molecule has 1 N–H and O–H groups in total. The first kappa shape index (κ1) is 24.8. The average Bonchev–Trinajstić information content (AvgIpc) is 2.99. The second-order valence-electron chi connectivity index (χ2n) is 7.50. The maximum Gasteiger partial charge on any atom is 0.472 e. The molecule has 1 fully saturated rings. The molecule has 0 aromatic heterocycles. The van der Waals surface area contributed by atoms with Crippen LogP contribution in [0, 0.1) is 0 Å². The maximum absolute atomic E-state index is 11.1. The molecule has 0 aromatic rings. The number of hydrogen-bond acceptors (Lipinski definition) is 4. The highest BCUT2D eigenvalue weighted by atomic mass is 31.2. The van der Waals surface area contributed by atoms with Crippen molar-refractivity contribution in [2.24, 2.45) is 0 Å². The Bertz CT molecular complexity index is 413. The number of unbranched alkanes of at least 4 members (excludes halogenated alkanes) is 12. The van der Waals surface area contributed by atoms with Crippen LogP contribution >= 0.6 is 7.82 Å². The Morgan fingerprint density at radius 1 is 0.926 bits per heavy atom. The van der Waals surface area contributed by atoms with Gasteiger partial charge in [-0.1, -0.05) is 76.9 Å². The zero-order valence-electron chi connectivity index (χ0n) is 17.3. The van der Waals surface area contributed by atoms with Gasteiger partial charge < -0.3 is 9.63 Å². The summed E-state index contributed by atoms with van der Waals surface area (Å²) in [7, 11) is -3.78. The van der Waals surface area contributed by atoms with Gasteiger partial charge in [0.15, 0.2) is 0 Å². The third kappa shape index (κ3) is 15.4. The summed E-state index contributed by atoms with van der Waals surface area (Å²) in [5, 5.41) is 0. The lowest BCUT2D eigenvalue weighted by atomic mass is 10.1. The molecular weight excluding hydrogens is 363 g/mol. The molecule has 0 aromatic carbocycles. The van der Waals surface area contributed by atoms with Gasteiger partial charge in [0.2, 0.25) is 0 Å². The molecule has 2 atom stereocenters. The van der Waals surface area contributed by atoms with Gasteiger partial charge in [-0.05, 0) is 32.1 Å². The van der Waals surface area contributed by atoms with E-state index in [1.807, 2.05) is 0 Å². The summed E-state index contributed by atoms with van der Waals surface area (Å²) >= 11 is 0. The number of rotatable bonds is 18. The summed E-state index contributed by atoms with van der Waals surface area (Å²) in [6.07, 6.45) is 22.4. The van der Waals surface area contributed by atoms with Crippen LogP contribution in [0.1, 0.15) is 96.8 Å². The summed E-state index contributed by atoms with van der Waals surface area (Å²) in [4.78, 5) is 9.07. The number of phosphoric acid groups is 1. The van der Waals surface area contributed by atoms with Crippen molar-refractivity contribution in [3.63, 3.8) is 0 Å².